The predicted octanol–water partition coefficient (Wildman–Crippen LogP) is 1.31. The molecule has 0 saturated carbocycles. The van der Waals surface area contributed by atoms with E-state index in [1.807, 2.05) is 0 Å². The molecule has 0 aliphatic carbocycles. The number of rotatable bonds is 7. The molecule has 0 fully saturated rings. The zero-order valence-electron chi connectivity index (χ0n) is 15.0. The van der Waals surface area contributed by atoms with Gasteiger partial charge in [0, 0.05) is 12.6 Å². The zero-order valence-corrected chi connectivity index (χ0v) is 15.8. The van der Waals surface area contributed by atoms with Crippen LogP contribution >= 0.6 is 11.6 Å². The lowest BCUT2D eigenvalue weighted by Crippen LogP contribution is -2.46. The molecule has 2 rings (SSSR count). The van der Waals surface area contributed by atoms with E-state index < -0.39 is 24.5 Å². The van der Waals surface area contributed by atoms with Crippen LogP contribution in [0.5, 0.6) is 11.5 Å². The Morgan fingerprint density at radius 1 is 1.30 bits per heavy atom. The molecule has 0 unspecified atom stereocenters. The number of likely N-dealkylation sites (N-methyl/N-ethyl adjacent to an activating group) is 1. The highest BCUT2D eigenvalue weighted by Crippen LogP contribution is 2.38. The van der Waals surface area contributed by atoms with Crippen LogP contribution in [0.3, 0.4) is 0 Å². The maximum absolute atomic E-state index is 11.8. The van der Waals surface area contributed by atoms with Crippen molar-refractivity contribution in [2.75, 3.05) is 26.4 Å². The molecule has 27 heavy (non-hydrogen) atoms. The molecule has 1 aromatic rings. The van der Waals surface area contributed by atoms with E-state index in [1.54, 1.807) is 19.1 Å². The minimum atomic E-state index is -0.716. The summed E-state index contributed by atoms with van der Waals surface area (Å²) in [6, 6.07) is 2.59. The lowest BCUT2D eigenvalue weighted by atomic mass is 10.2. The topological polar surface area (TPSA) is 103 Å². The van der Waals surface area contributed by atoms with Crippen molar-refractivity contribution in [3.8, 4) is 11.5 Å². The standard InChI is InChI=1S/C18H21ClN2O6/c1-3-20-18(24)11(2)21-15(22)10-27-16(23)5-4-12-8-13(19)17-14(9-12)25-6-7-26-17/h4-5,8-9,11H,3,6-7,10H2,1-2H3,(H,20,24)(H,21,22)/b5-4+/t11-/m1/s1. The molecule has 0 radical (unpaired) electrons. The number of hydrogen-bond donors (Lipinski definition) is 2. The van der Waals surface area contributed by atoms with Crippen LogP contribution in [0.1, 0.15) is 19.4 Å². The van der Waals surface area contributed by atoms with Gasteiger partial charge in [-0.05, 0) is 37.6 Å². The quantitative estimate of drug-likeness (QED) is 0.532. The Morgan fingerprint density at radius 3 is 2.78 bits per heavy atom. The van der Waals surface area contributed by atoms with Crippen LogP contribution in [-0.4, -0.2) is 50.2 Å². The van der Waals surface area contributed by atoms with Crippen molar-refractivity contribution in [1.82, 2.24) is 10.6 Å². The van der Waals surface area contributed by atoms with E-state index in [4.69, 9.17) is 25.8 Å². The summed E-state index contributed by atoms with van der Waals surface area (Å²) in [5.41, 5.74) is 0.621. The molecule has 0 spiro atoms. The second-order valence-electron chi connectivity index (χ2n) is 5.65. The average Bonchev–Trinajstić information content (AvgIpc) is 2.65. The van der Waals surface area contributed by atoms with Gasteiger partial charge in [0.25, 0.3) is 5.91 Å². The summed E-state index contributed by atoms with van der Waals surface area (Å²) in [4.78, 5) is 35.0. The van der Waals surface area contributed by atoms with Crippen molar-refractivity contribution in [3.63, 3.8) is 0 Å². The van der Waals surface area contributed by atoms with Crippen molar-refractivity contribution < 1.29 is 28.6 Å². The summed E-state index contributed by atoms with van der Waals surface area (Å²) in [6.45, 7) is 4.13. The molecule has 1 atom stereocenters. The largest absolute Gasteiger partial charge is 0.486 e. The number of carbonyl (C=O) groups excluding carboxylic acids is 3. The SMILES string of the molecule is CCNC(=O)[C@@H](C)NC(=O)COC(=O)/C=C/c1cc(Cl)c2c(c1)OCCO2. The van der Waals surface area contributed by atoms with Gasteiger partial charge in [-0.2, -0.15) is 0 Å². The van der Waals surface area contributed by atoms with E-state index in [2.05, 4.69) is 10.6 Å². The first kappa shape index (κ1) is 20.6. The fourth-order valence-electron chi connectivity index (χ4n) is 2.25. The Morgan fingerprint density at radius 2 is 2.04 bits per heavy atom. The minimum absolute atomic E-state index is 0.312. The maximum Gasteiger partial charge on any atom is 0.331 e. The number of hydrogen-bond acceptors (Lipinski definition) is 6. The molecular formula is C18H21ClN2O6. The lowest BCUT2D eigenvalue weighted by Gasteiger charge is -2.19. The molecule has 0 aromatic heterocycles. The third-order valence-corrected chi connectivity index (χ3v) is 3.78. The number of amides is 2. The number of esters is 1. The lowest BCUT2D eigenvalue weighted by molar-refractivity contribution is -0.144. The Balaban J connectivity index is 1.84. The number of benzene rings is 1. The van der Waals surface area contributed by atoms with Crippen LogP contribution in [0, 0.1) is 0 Å². The molecule has 1 heterocycles. The fraction of sp³-hybridized carbons (Fsp3) is 0.389. The molecule has 2 N–H and O–H groups in total. The van der Waals surface area contributed by atoms with E-state index in [1.165, 1.54) is 19.1 Å². The normalized spacial score (nSPS) is 13.7. The first-order valence-electron chi connectivity index (χ1n) is 8.41. The minimum Gasteiger partial charge on any atom is -0.486 e. The summed E-state index contributed by atoms with van der Waals surface area (Å²) < 4.78 is 15.7. The van der Waals surface area contributed by atoms with E-state index in [-0.39, 0.29) is 5.91 Å². The fourth-order valence-corrected chi connectivity index (χ4v) is 2.53. The molecule has 1 aromatic carbocycles. The summed E-state index contributed by atoms with van der Waals surface area (Å²) in [7, 11) is 0. The first-order chi connectivity index (χ1) is 12.9. The molecule has 0 bridgehead atoms. The van der Waals surface area contributed by atoms with Crippen molar-refractivity contribution in [2.45, 2.75) is 19.9 Å². The van der Waals surface area contributed by atoms with Gasteiger partial charge >= 0.3 is 5.97 Å². The van der Waals surface area contributed by atoms with Crippen LogP contribution in [-0.2, 0) is 19.1 Å². The number of fused-ring (bicyclic) bond motifs is 1. The summed E-state index contributed by atoms with van der Waals surface area (Å²) in [5.74, 6) is -0.617. The van der Waals surface area contributed by atoms with Crippen molar-refractivity contribution in [1.29, 1.82) is 0 Å². The molecule has 8 nitrogen and oxygen atoms in total. The van der Waals surface area contributed by atoms with Gasteiger partial charge in [-0.25, -0.2) is 4.79 Å². The second kappa shape index (κ2) is 9.82. The smallest absolute Gasteiger partial charge is 0.331 e. The molecule has 9 heteroatoms. The zero-order chi connectivity index (χ0) is 19.8. The second-order valence-corrected chi connectivity index (χ2v) is 6.06. The van der Waals surface area contributed by atoms with Gasteiger partial charge in [0.15, 0.2) is 18.1 Å². The van der Waals surface area contributed by atoms with Gasteiger partial charge in [-0.1, -0.05) is 11.6 Å². The number of ether oxygens (including phenoxy) is 3. The molecule has 1 aliphatic rings. The van der Waals surface area contributed by atoms with E-state index in [9.17, 15) is 14.4 Å². The Hall–Kier alpha value is -2.74. The van der Waals surface area contributed by atoms with Crippen molar-refractivity contribution in [2.24, 2.45) is 0 Å². The first-order valence-corrected chi connectivity index (χ1v) is 8.79. The van der Waals surface area contributed by atoms with Gasteiger partial charge in [-0.15, -0.1) is 0 Å². The monoisotopic (exact) mass is 396 g/mol. The molecule has 2 amide bonds. The summed E-state index contributed by atoms with van der Waals surface area (Å²) in [5, 5.41) is 5.39. The highest BCUT2D eigenvalue weighted by molar-refractivity contribution is 6.32. The van der Waals surface area contributed by atoms with Crippen LogP contribution < -0.4 is 20.1 Å². The number of carbonyl (C=O) groups is 3. The van der Waals surface area contributed by atoms with E-state index in [0.29, 0.717) is 41.8 Å². The molecule has 146 valence electrons. The highest BCUT2D eigenvalue weighted by Gasteiger charge is 2.17. The van der Waals surface area contributed by atoms with Gasteiger partial charge in [0.1, 0.15) is 19.3 Å². The van der Waals surface area contributed by atoms with Gasteiger partial charge in [0.2, 0.25) is 5.91 Å². The third-order valence-electron chi connectivity index (χ3n) is 3.50. The van der Waals surface area contributed by atoms with E-state index >= 15 is 0 Å². The van der Waals surface area contributed by atoms with Gasteiger partial charge in [-0.3, -0.25) is 9.59 Å². The number of halogens is 1. The Bertz CT molecular complexity index is 750. The summed E-state index contributed by atoms with van der Waals surface area (Å²) in [6.07, 6.45) is 2.66. The van der Waals surface area contributed by atoms with Crippen LogP contribution in [0.15, 0.2) is 18.2 Å². The van der Waals surface area contributed by atoms with E-state index in [0.717, 1.165) is 0 Å². The van der Waals surface area contributed by atoms with Crippen molar-refractivity contribution in [3.05, 3.63) is 28.8 Å². The van der Waals surface area contributed by atoms with Crippen LogP contribution in [0.2, 0.25) is 5.02 Å². The Labute approximate surface area is 161 Å². The van der Waals surface area contributed by atoms with Crippen molar-refractivity contribution >= 4 is 35.5 Å². The molecule has 1 aliphatic heterocycles. The third kappa shape index (κ3) is 6.18. The van der Waals surface area contributed by atoms with Crippen LogP contribution in [0.25, 0.3) is 6.08 Å². The Kier molecular flexibility index (Phi) is 7.48. The molecule has 0 saturated heterocycles. The molecular weight excluding hydrogens is 376 g/mol. The number of nitrogens with one attached hydrogen (secondary N) is 2. The highest BCUT2D eigenvalue weighted by atomic mass is 35.5. The predicted molar refractivity (Wildman–Crippen MR) is 98.7 cm³/mol. The maximum atomic E-state index is 11.8. The summed E-state index contributed by atoms with van der Waals surface area (Å²) >= 11 is 6.12. The van der Waals surface area contributed by atoms with Gasteiger partial charge < -0.3 is 24.8 Å². The average molecular weight is 397 g/mol. The van der Waals surface area contributed by atoms with Gasteiger partial charge in [0.05, 0.1) is 5.02 Å². The van der Waals surface area contributed by atoms with Crippen LogP contribution in [0.4, 0.5) is 0 Å².